The van der Waals surface area contributed by atoms with Crippen molar-refractivity contribution in [2.24, 2.45) is 0 Å². The molecule has 1 saturated heterocycles. The highest BCUT2D eigenvalue weighted by molar-refractivity contribution is 5.66. The van der Waals surface area contributed by atoms with Gasteiger partial charge in [-0.3, -0.25) is 0 Å². The van der Waals surface area contributed by atoms with E-state index in [1.165, 1.54) is 0 Å². The monoisotopic (exact) mass is 455 g/mol. The molecule has 0 atom stereocenters. The maximum absolute atomic E-state index is 11.1. The number of carboxylic acid groups (broad SMARTS) is 1. The van der Waals surface area contributed by atoms with Crippen molar-refractivity contribution in [2.75, 3.05) is 61.0 Å². The first-order valence-electron chi connectivity index (χ1n) is 11.5. The minimum atomic E-state index is -1.04. The minimum Gasteiger partial charge on any atom is -0.465 e. The first-order chi connectivity index (χ1) is 15.9. The number of anilines is 5. The van der Waals surface area contributed by atoms with Gasteiger partial charge in [0.2, 0.25) is 5.95 Å². The summed E-state index contributed by atoms with van der Waals surface area (Å²) in [7, 11) is 2.14. The van der Waals surface area contributed by atoms with E-state index in [4.69, 9.17) is 10.8 Å². The molecule has 1 aliphatic carbocycles. The molecule has 2 aromatic heterocycles. The molecule has 4 rings (SSSR count). The van der Waals surface area contributed by atoms with Crippen molar-refractivity contribution in [3.8, 4) is 0 Å². The minimum absolute atomic E-state index is 0.295. The van der Waals surface area contributed by atoms with Gasteiger partial charge in [0.25, 0.3) is 0 Å². The Hall–Kier alpha value is -3.34. The highest BCUT2D eigenvalue weighted by Crippen LogP contribution is 2.33. The van der Waals surface area contributed by atoms with Gasteiger partial charge >= 0.3 is 6.09 Å². The van der Waals surface area contributed by atoms with Gasteiger partial charge in [-0.1, -0.05) is 19.3 Å². The van der Waals surface area contributed by atoms with Crippen molar-refractivity contribution >= 4 is 35.1 Å². The summed E-state index contributed by atoms with van der Waals surface area (Å²) >= 11 is 0. The molecule has 11 heteroatoms. The Labute approximate surface area is 193 Å². The number of aromatic nitrogens is 3. The lowest BCUT2D eigenvalue weighted by Crippen LogP contribution is -2.50. The summed E-state index contributed by atoms with van der Waals surface area (Å²) < 4.78 is 0. The molecule has 0 radical (unpaired) electrons. The van der Waals surface area contributed by atoms with Crippen LogP contribution in [0.5, 0.6) is 0 Å². The number of piperazine rings is 1. The van der Waals surface area contributed by atoms with Crippen LogP contribution < -0.4 is 26.6 Å². The molecule has 0 spiro atoms. The van der Waals surface area contributed by atoms with E-state index < -0.39 is 11.6 Å². The topological polar surface area (TPSA) is 145 Å². The van der Waals surface area contributed by atoms with E-state index in [1.54, 1.807) is 6.20 Å². The van der Waals surface area contributed by atoms with Crippen molar-refractivity contribution in [3.63, 3.8) is 0 Å². The maximum atomic E-state index is 11.1. The fourth-order valence-corrected chi connectivity index (χ4v) is 4.45. The second-order valence-corrected chi connectivity index (χ2v) is 8.94. The number of amides is 1. The third-order valence-corrected chi connectivity index (χ3v) is 6.45. The molecule has 1 aliphatic heterocycles. The zero-order chi connectivity index (χ0) is 23.3. The van der Waals surface area contributed by atoms with Crippen LogP contribution in [0.15, 0.2) is 24.5 Å². The number of hydrogen-bond acceptors (Lipinski definition) is 9. The maximum Gasteiger partial charge on any atom is 0.404 e. The molecule has 2 fully saturated rings. The molecule has 3 heterocycles. The van der Waals surface area contributed by atoms with Gasteiger partial charge in [-0.05, 0) is 32.0 Å². The molecule has 33 heavy (non-hydrogen) atoms. The highest BCUT2D eigenvalue weighted by atomic mass is 16.4. The summed E-state index contributed by atoms with van der Waals surface area (Å²) in [6, 6.07) is 3.96. The predicted octanol–water partition coefficient (Wildman–Crippen LogP) is 2.33. The van der Waals surface area contributed by atoms with Crippen LogP contribution in [-0.2, 0) is 0 Å². The Morgan fingerprint density at radius 2 is 1.88 bits per heavy atom. The van der Waals surface area contributed by atoms with Gasteiger partial charge < -0.3 is 36.6 Å². The second kappa shape index (κ2) is 10.1. The number of carbonyl (C=O) groups is 1. The quantitative estimate of drug-likeness (QED) is 0.422. The molecule has 0 unspecified atom stereocenters. The van der Waals surface area contributed by atoms with E-state index in [0.717, 1.165) is 64.0 Å². The highest BCUT2D eigenvalue weighted by Gasteiger charge is 2.33. The van der Waals surface area contributed by atoms with Crippen LogP contribution in [0.1, 0.15) is 32.1 Å². The van der Waals surface area contributed by atoms with E-state index in [-0.39, 0.29) is 0 Å². The van der Waals surface area contributed by atoms with E-state index in [0.29, 0.717) is 29.8 Å². The number of likely N-dealkylation sites (N-methyl/N-ethyl adjacent to an activating group) is 1. The standard InChI is InChI=1S/C22H33N9O2/c1-30-9-11-31(12-10-30)16-5-6-18(24-13-16)27-20-25-14-17(23)19(28-20)29-22(15-26-21(32)33)7-3-2-4-8-22/h5-6,13-14,26H,2-4,7-12,15,23H2,1H3,(H,32,33)(H2,24,25,27,28,29). The van der Waals surface area contributed by atoms with E-state index >= 15 is 0 Å². The van der Waals surface area contributed by atoms with Gasteiger partial charge in [0.1, 0.15) is 5.82 Å². The molecule has 6 N–H and O–H groups in total. The van der Waals surface area contributed by atoms with Crippen molar-refractivity contribution in [3.05, 3.63) is 24.5 Å². The summed E-state index contributed by atoms with van der Waals surface area (Å²) in [4.78, 5) is 29.1. The Bertz CT molecular complexity index is 939. The molecule has 2 aromatic rings. The average Bonchev–Trinajstić information content (AvgIpc) is 2.82. The summed E-state index contributed by atoms with van der Waals surface area (Å²) in [6.45, 7) is 4.35. The summed E-state index contributed by atoms with van der Waals surface area (Å²) in [6.07, 6.45) is 7.24. The van der Waals surface area contributed by atoms with Gasteiger partial charge in [0.05, 0.1) is 29.3 Å². The van der Waals surface area contributed by atoms with Crippen LogP contribution in [-0.4, -0.2) is 76.4 Å². The smallest absolute Gasteiger partial charge is 0.404 e. The molecule has 1 saturated carbocycles. The van der Waals surface area contributed by atoms with E-state index in [2.05, 4.69) is 47.7 Å². The molecular formula is C22H33N9O2. The normalized spacial score (nSPS) is 18.5. The lowest BCUT2D eigenvalue weighted by atomic mass is 9.81. The first-order valence-corrected chi connectivity index (χ1v) is 11.5. The SMILES string of the molecule is CN1CCN(c2ccc(Nc3ncc(N)c(NC4(CNC(=O)O)CCCCC4)n3)nc2)CC1. The van der Waals surface area contributed by atoms with Crippen molar-refractivity contribution in [1.29, 1.82) is 0 Å². The number of nitrogens with one attached hydrogen (secondary N) is 3. The van der Waals surface area contributed by atoms with Gasteiger partial charge in [-0.15, -0.1) is 0 Å². The van der Waals surface area contributed by atoms with Crippen LogP contribution >= 0.6 is 0 Å². The molecule has 178 valence electrons. The van der Waals surface area contributed by atoms with Gasteiger partial charge in [-0.2, -0.15) is 4.98 Å². The molecule has 2 aliphatic rings. The Morgan fingerprint density at radius 3 is 2.55 bits per heavy atom. The van der Waals surface area contributed by atoms with Crippen LogP contribution in [0.3, 0.4) is 0 Å². The lowest BCUT2D eigenvalue weighted by Gasteiger charge is -2.38. The summed E-state index contributed by atoms with van der Waals surface area (Å²) in [5, 5.41) is 18.2. The largest absolute Gasteiger partial charge is 0.465 e. The van der Waals surface area contributed by atoms with Gasteiger partial charge in [-0.25, -0.2) is 14.8 Å². The molecule has 0 aromatic carbocycles. The first kappa shape index (κ1) is 22.8. The fourth-order valence-electron chi connectivity index (χ4n) is 4.45. The average molecular weight is 456 g/mol. The third kappa shape index (κ3) is 5.92. The number of hydrogen-bond donors (Lipinski definition) is 5. The number of pyridine rings is 1. The molecule has 1 amide bonds. The molecular weight excluding hydrogens is 422 g/mol. The third-order valence-electron chi connectivity index (χ3n) is 6.45. The van der Waals surface area contributed by atoms with Crippen LogP contribution in [0.4, 0.5) is 33.8 Å². The summed E-state index contributed by atoms with van der Waals surface area (Å²) in [5.41, 5.74) is 7.25. The van der Waals surface area contributed by atoms with Crippen LogP contribution in [0.25, 0.3) is 0 Å². The zero-order valence-electron chi connectivity index (χ0n) is 19.0. The predicted molar refractivity (Wildman–Crippen MR) is 129 cm³/mol. The zero-order valence-corrected chi connectivity index (χ0v) is 19.0. The van der Waals surface area contributed by atoms with Crippen molar-refractivity contribution in [2.45, 2.75) is 37.6 Å². The van der Waals surface area contributed by atoms with Crippen molar-refractivity contribution < 1.29 is 9.90 Å². The van der Waals surface area contributed by atoms with Crippen LogP contribution in [0.2, 0.25) is 0 Å². The lowest BCUT2D eigenvalue weighted by molar-refractivity contribution is 0.188. The number of nitrogens with two attached hydrogens (primary N) is 1. The number of nitrogen functional groups attached to an aromatic ring is 1. The van der Waals surface area contributed by atoms with Crippen LogP contribution in [0, 0.1) is 0 Å². The summed E-state index contributed by atoms with van der Waals surface area (Å²) in [5.74, 6) is 1.52. The second-order valence-electron chi connectivity index (χ2n) is 8.94. The molecule has 0 bridgehead atoms. The van der Waals surface area contributed by atoms with Gasteiger partial charge in [0.15, 0.2) is 5.82 Å². The molecule has 11 nitrogen and oxygen atoms in total. The van der Waals surface area contributed by atoms with Gasteiger partial charge in [0, 0.05) is 32.7 Å². The Balaban J connectivity index is 1.45. The fraction of sp³-hybridized carbons (Fsp3) is 0.545. The van der Waals surface area contributed by atoms with Crippen molar-refractivity contribution in [1.82, 2.24) is 25.2 Å². The Kier molecular flexibility index (Phi) is 6.97. The number of rotatable bonds is 7. The number of nitrogens with zero attached hydrogens (tertiary/aromatic N) is 5. The van der Waals surface area contributed by atoms with E-state index in [9.17, 15) is 4.79 Å². The van der Waals surface area contributed by atoms with E-state index in [1.807, 2.05) is 18.3 Å². The Morgan fingerprint density at radius 1 is 1.12 bits per heavy atom.